The number of nitrogens with one attached hydrogen (secondary N) is 3. The van der Waals surface area contributed by atoms with Gasteiger partial charge < -0.3 is 16.4 Å². The van der Waals surface area contributed by atoms with Gasteiger partial charge in [0.05, 0.1) is 11.7 Å². The number of aromatic amines is 1. The van der Waals surface area contributed by atoms with E-state index in [2.05, 4.69) is 67.2 Å². The predicted octanol–water partition coefficient (Wildman–Crippen LogP) is 4.99. The summed E-state index contributed by atoms with van der Waals surface area (Å²) in [5.41, 5.74) is 8.88. The average Bonchev–Trinajstić information content (AvgIpc) is 3.34. The molecule has 144 valence electrons. The lowest BCUT2D eigenvalue weighted by molar-refractivity contribution is 1.12. The molecule has 5 aromatic rings. The van der Waals surface area contributed by atoms with Crippen LogP contribution in [0.5, 0.6) is 0 Å². The number of hydrogen-bond donors (Lipinski definition) is 4. The molecule has 8 heteroatoms. The van der Waals surface area contributed by atoms with Crippen LogP contribution >= 0.6 is 11.3 Å². The molecule has 3 heterocycles. The molecule has 0 atom stereocenters. The molecule has 0 fully saturated rings. The van der Waals surface area contributed by atoms with E-state index in [9.17, 15) is 0 Å². The first-order valence-corrected chi connectivity index (χ1v) is 10.1. The molecule has 0 aliphatic heterocycles. The Kier molecular flexibility index (Phi) is 4.25. The molecular weight excluding hydrogens is 382 g/mol. The quantitative estimate of drug-likeness (QED) is 0.331. The van der Waals surface area contributed by atoms with Crippen LogP contribution in [0.25, 0.3) is 31.4 Å². The van der Waals surface area contributed by atoms with Gasteiger partial charge in [-0.05, 0) is 36.6 Å². The number of nitrogen functional groups attached to an aromatic ring is 1. The molecule has 0 saturated carbocycles. The number of aromatic nitrogens is 4. The number of nitrogens with zero attached hydrogens (tertiary/aromatic N) is 3. The van der Waals surface area contributed by atoms with Crippen molar-refractivity contribution >= 4 is 55.6 Å². The molecule has 29 heavy (non-hydrogen) atoms. The SMILES string of the molecule is CCNc1cc(Nc2cc(-c3cc4ccccc4s3)c3[nH]ncc3c2)nc(N)n1. The Balaban J connectivity index is 1.59. The van der Waals surface area contributed by atoms with E-state index in [-0.39, 0.29) is 5.95 Å². The molecule has 2 aromatic carbocycles. The predicted molar refractivity (Wildman–Crippen MR) is 121 cm³/mol. The van der Waals surface area contributed by atoms with Crippen LogP contribution in [-0.2, 0) is 0 Å². The van der Waals surface area contributed by atoms with Gasteiger partial charge in [0.2, 0.25) is 5.95 Å². The van der Waals surface area contributed by atoms with Crippen LogP contribution in [0.1, 0.15) is 6.92 Å². The summed E-state index contributed by atoms with van der Waals surface area (Å²) in [7, 11) is 0. The molecule has 7 nitrogen and oxygen atoms in total. The first kappa shape index (κ1) is 17.4. The van der Waals surface area contributed by atoms with Crippen molar-refractivity contribution in [1.29, 1.82) is 0 Å². The zero-order chi connectivity index (χ0) is 19.8. The molecule has 0 aliphatic rings. The van der Waals surface area contributed by atoms with Gasteiger partial charge >= 0.3 is 0 Å². The van der Waals surface area contributed by atoms with Crippen molar-refractivity contribution in [3.63, 3.8) is 0 Å². The van der Waals surface area contributed by atoms with Crippen molar-refractivity contribution in [1.82, 2.24) is 20.2 Å². The number of fused-ring (bicyclic) bond motifs is 2. The number of H-pyrrole nitrogens is 1. The third-order valence-electron chi connectivity index (χ3n) is 4.61. The van der Waals surface area contributed by atoms with Crippen molar-refractivity contribution in [2.75, 3.05) is 22.9 Å². The molecule has 5 rings (SSSR count). The van der Waals surface area contributed by atoms with E-state index in [1.54, 1.807) is 11.3 Å². The van der Waals surface area contributed by atoms with E-state index in [0.717, 1.165) is 28.7 Å². The van der Waals surface area contributed by atoms with Crippen molar-refractivity contribution in [2.45, 2.75) is 6.92 Å². The molecule has 3 aromatic heterocycles. The van der Waals surface area contributed by atoms with Gasteiger partial charge in [-0.1, -0.05) is 18.2 Å². The van der Waals surface area contributed by atoms with Crippen LogP contribution in [0.4, 0.5) is 23.3 Å². The molecule has 0 saturated heterocycles. The van der Waals surface area contributed by atoms with Gasteiger partial charge in [-0.15, -0.1) is 11.3 Å². The van der Waals surface area contributed by atoms with Crippen LogP contribution in [0, 0.1) is 0 Å². The maximum Gasteiger partial charge on any atom is 0.223 e. The van der Waals surface area contributed by atoms with Crippen LogP contribution in [0.3, 0.4) is 0 Å². The molecular formula is C21H19N7S. The number of hydrogen-bond acceptors (Lipinski definition) is 7. The van der Waals surface area contributed by atoms with E-state index in [0.29, 0.717) is 11.6 Å². The van der Waals surface area contributed by atoms with Gasteiger partial charge in [-0.2, -0.15) is 15.1 Å². The van der Waals surface area contributed by atoms with Gasteiger partial charge in [0.1, 0.15) is 11.6 Å². The van der Waals surface area contributed by atoms with Crippen molar-refractivity contribution in [3.8, 4) is 10.4 Å². The number of anilines is 4. The first-order valence-electron chi connectivity index (χ1n) is 9.31. The second-order valence-electron chi connectivity index (χ2n) is 6.66. The normalized spacial score (nSPS) is 11.2. The lowest BCUT2D eigenvalue weighted by atomic mass is 10.1. The Morgan fingerprint density at radius 1 is 1.03 bits per heavy atom. The maximum absolute atomic E-state index is 5.87. The van der Waals surface area contributed by atoms with E-state index in [1.807, 2.05) is 25.3 Å². The Morgan fingerprint density at radius 3 is 2.76 bits per heavy atom. The minimum atomic E-state index is 0.222. The fraction of sp³-hybridized carbons (Fsp3) is 0.0952. The molecule has 0 unspecified atom stereocenters. The van der Waals surface area contributed by atoms with Crippen LogP contribution in [-0.4, -0.2) is 26.7 Å². The topological polar surface area (TPSA) is 105 Å². The molecule has 0 radical (unpaired) electrons. The van der Waals surface area contributed by atoms with E-state index < -0.39 is 0 Å². The first-order chi connectivity index (χ1) is 14.2. The third kappa shape index (κ3) is 3.34. The van der Waals surface area contributed by atoms with Gasteiger partial charge in [0.15, 0.2) is 0 Å². The standard InChI is InChI=1S/C21H19N7S/c1-2-23-18-10-19(27-21(22)26-18)25-14-7-13-11-24-28-20(13)15(9-14)17-8-12-5-3-4-6-16(12)29-17/h3-11H,2H2,1H3,(H,24,28)(H4,22,23,25,26,27). The minimum Gasteiger partial charge on any atom is -0.370 e. The summed E-state index contributed by atoms with van der Waals surface area (Å²) in [4.78, 5) is 9.69. The Morgan fingerprint density at radius 2 is 1.90 bits per heavy atom. The summed E-state index contributed by atoms with van der Waals surface area (Å²) in [6, 6.07) is 16.6. The highest BCUT2D eigenvalue weighted by Crippen LogP contribution is 2.38. The number of nitrogens with two attached hydrogens (primary N) is 1. The van der Waals surface area contributed by atoms with Crippen LogP contribution in [0.2, 0.25) is 0 Å². The van der Waals surface area contributed by atoms with E-state index in [1.165, 1.54) is 15.0 Å². The average molecular weight is 401 g/mol. The maximum atomic E-state index is 5.87. The molecule has 0 amide bonds. The van der Waals surface area contributed by atoms with Crippen molar-refractivity contribution in [2.24, 2.45) is 0 Å². The van der Waals surface area contributed by atoms with Crippen LogP contribution in [0.15, 0.2) is 54.7 Å². The van der Waals surface area contributed by atoms with E-state index in [4.69, 9.17) is 5.73 Å². The lowest BCUT2D eigenvalue weighted by Crippen LogP contribution is -2.05. The zero-order valence-electron chi connectivity index (χ0n) is 15.7. The fourth-order valence-corrected chi connectivity index (χ4v) is 4.47. The zero-order valence-corrected chi connectivity index (χ0v) is 16.5. The highest BCUT2D eigenvalue weighted by Gasteiger charge is 2.12. The van der Waals surface area contributed by atoms with Gasteiger partial charge in [0, 0.05) is 38.8 Å². The number of benzene rings is 2. The summed E-state index contributed by atoms with van der Waals surface area (Å²) in [6.45, 7) is 2.77. The highest BCUT2D eigenvalue weighted by atomic mass is 32.1. The largest absolute Gasteiger partial charge is 0.370 e. The van der Waals surface area contributed by atoms with Crippen molar-refractivity contribution < 1.29 is 0 Å². The monoisotopic (exact) mass is 401 g/mol. The molecule has 0 aliphatic carbocycles. The summed E-state index contributed by atoms with van der Waals surface area (Å²) in [5.74, 6) is 1.55. The van der Waals surface area contributed by atoms with Gasteiger partial charge in [-0.25, -0.2) is 0 Å². The summed E-state index contributed by atoms with van der Waals surface area (Å²) in [5, 5.41) is 16.2. The Hall–Kier alpha value is -3.65. The second-order valence-corrected chi connectivity index (χ2v) is 7.74. The van der Waals surface area contributed by atoms with E-state index >= 15 is 0 Å². The van der Waals surface area contributed by atoms with Crippen molar-refractivity contribution in [3.05, 3.63) is 54.7 Å². The summed E-state index contributed by atoms with van der Waals surface area (Å²) < 4.78 is 1.26. The number of thiophene rings is 1. The number of rotatable bonds is 5. The fourth-order valence-electron chi connectivity index (χ4n) is 3.39. The molecule has 5 N–H and O–H groups in total. The second kappa shape index (κ2) is 7.06. The minimum absolute atomic E-state index is 0.222. The Bertz CT molecular complexity index is 1290. The highest BCUT2D eigenvalue weighted by molar-refractivity contribution is 7.22. The molecule has 0 bridgehead atoms. The summed E-state index contributed by atoms with van der Waals surface area (Å²) >= 11 is 1.76. The lowest BCUT2D eigenvalue weighted by Gasteiger charge is -2.11. The van der Waals surface area contributed by atoms with Gasteiger partial charge in [-0.3, -0.25) is 5.10 Å². The van der Waals surface area contributed by atoms with Gasteiger partial charge in [0.25, 0.3) is 0 Å². The summed E-state index contributed by atoms with van der Waals surface area (Å²) in [6.07, 6.45) is 1.83. The third-order valence-corrected chi connectivity index (χ3v) is 5.76. The smallest absolute Gasteiger partial charge is 0.223 e. The molecule has 0 spiro atoms. The Labute approximate surface area is 171 Å². The van der Waals surface area contributed by atoms with Crippen LogP contribution < -0.4 is 16.4 Å².